The van der Waals surface area contributed by atoms with Crippen LogP contribution < -0.4 is 10.1 Å². The van der Waals surface area contributed by atoms with Gasteiger partial charge in [0.2, 0.25) is 5.91 Å². The minimum atomic E-state index is -0.158. The molecule has 0 saturated heterocycles. The number of amides is 1. The van der Waals surface area contributed by atoms with E-state index in [1.165, 1.54) is 11.8 Å². The molecule has 0 unspecified atom stereocenters. The van der Waals surface area contributed by atoms with E-state index in [1.807, 2.05) is 24.3 Å². The predicted octanol–water partition coefficient (Wildman–Crippen LogP) is 6.28. The van der Waals surface area contributed by atoms with Crippen LogP contribution in [-0.2, 0) is 17.6 Å². The molecule has 0 fully saturated rings. The lowest BCUT2D eigenvalue weighted by atomic mass is 9.92. The first-order valence-corrected chi connectivity index (χ1v) is 12.2. The number of carbonyl (C=O) groups excluding carboxylic acids is 1. The maximum Gasteiger partial charge on any atom is 0.234 e. The summed E-state index contributed by atoms with van der Waals surface area (Å²) in [6.07, 6.45) is 5.09. The van der Waals surface area contributed by atoms with Crippen molar-refractivity contribution in [1.29, 1.82) is 5.26 Å². The van der Waals surface area contributed by atoms with Crippen molar-refractivity contribution in [3.8, 4) is 22.9 Å². The predicted molar refractivity (Wildman–Crippen MR) is 133 cm³/mol. The van der Waals surface area contributed by atoms with E-state index >= 15 is 0 Å². The largest absolute Gasteiger partial charge is 0.497 e. The molecule has 1 heterocycles. The molecular weight excluding hydrogens is 454 g/mol. The number of ether oxygens (including phenoxy) is 1. The van der Waals surface area contributed by atoms with Crippen LogP contribution in [0.25, 0.3) is 11.1 Å². The zero-order valence-corrected chi connectivity index (χ0v) is 19.9. The van der Waals surface area contributed by atoms with Gasteiger partial charge < -0.3 is 10.1 Å². The summed E-state index contributed by atoms with van der Waals surface area (Å²) in [4.78, 5) is 17.4. The number of hydrogen-bond acceptors (Lipinski definition) is 5. The minimum absolute atomic E-state index is 0.158. The topological polar surface area (TPSA) is 75.0 Å². The third-order valence-corrected chi connectivity index (χ3v) is 6.88. The van der Waals surface area contributed by atoms with Crippen LogP contribution in [0.3, 0.4) is 0 Å². The fraction of sp³-hybridized carbons (Fsp3) is 0.269. The number of nitrogens with one attached hydrogen (secondary N) is 1. The van der Waals surface area contributed by atoms with Gasteiger partial charge in [-0.15, -0.1) is 0 Å². The van der Waals surface area contributed by atoms with E-state index in [9.17, 15) is 10.1 Å². The Morgan fingerprint density at radius 2 is 1.85 bits per heavy atom. The number of carbonyl (C=O) groups is 1. The van der Waals surface area contributed by atoms with E-state index in [1.54, 1.807) is 31.4 Å². The van der Waals surface area contributed by atoms with Gasteiger partial charge in [-0.25, -0.2) is 4.98 Å². The number of aromatic nitrogens is 1. The third kappa shape index (κ3) is 5.50. The Bertz CT molecular complexity index is 1190. The summed E-state index contributed by atoms with van der Waals surface area (Å²) in [5, 5.41) is 14.2. The molecule has 1 amide bonds. The van der Waals surface area contributed by atoms with Gasteiger partial charge in [-0.05, 0) is 73.2 Å². The maximum absolute atomic E-state index is 12.6. The Hall–Kier alpha value is -3.01. The van der Waals surface area contributed by atoms with Crippen LogP contribution in [-0.4, -0.2) is 23.8 Å². The van der Waals surface area contributed by atoms with Crippen LogP contribution in [0, 0.1) is 11.3 Å². The molecule has 1 aromatic heterocycles. The number of aryl methyl sites for hydroxylation is 1. The Morgan fingerprint density at radius 1 is 1.12 bits per heavy atom. The number of anilines is 1. The van der Waals surface area contributed by atoms with Gasteiger partial charge in [0.1, 0.15) is 16.8 Å². The molecule has 7 heteroatoms. The quantitative estimate of drug-likeness (QED) is 0.334. The van der Waals surface area contributed by atoms with Gasteiger partial charge in [0.25, 0.3) is 0 Å². The van der Waals surface area contributed by atoms with E-state index in [0.717, 1.165) is 60.2 Å². The Kier molecular flexibility index (Phi) is 7.54. The molecular formula is C26H24ClN3O2S. The highest BCUT2D eigenvalue weighted by atomic mass is 35.5. The van der Waals surface area contributed by atoms with Gasteiger partial charge in [0.15, 0.2) is 0 Å². The van der Waals surface area contributed by atoms with Crippen molar-refractivity contribution in [2.75, 3.05) is 18.2 Å². The SMILES string of the molecule is COc1ccc(-c2c(C#N)c(SCC(=O)Nc3ccc(Cl)cc3)nc3c2CCCCC3)cc1. The third-order valence-electron chi connectivity index (χ3n) is 5.65. The first kappa shape index (κ1) is 23.2. The standard InChI is InChI=1S/C26H24ClN3O2S/c1-32-20-13-7-17(8-14-20)25-21-5-3-2-4-6-23(21)30-26(22(25)15-28)33-16-24(31)29-19-11-9-18(27)10-12-19/h7-14H,2-6,16H2,1H3,(H,29,31). The summed E-state index contributed by atoms with van der Waals surface area (Å²) in [6.45, 7) is 0. The summed E-state index contributed by atoms with van der Waals surface area (Å²) in [6, 6.07) is 17.1. The molecule has 1 aliphatic rings. The molecule has 33 heavy (non-hydrogen) atoms. The summed E-state index contributed by atoms with van der Waals surface area (Å²) in [5.74, 6) is 0.769. The van der Waals surface area contributed by atoms with Gasteiger partial charge in [-0.2, -0.15) is 5.26 Å². The lowest BCUT2D eigenvalue weighted by Crippen LogP contribution is -2.14. The number of halogens is 1. The number of rotatable bonds is 6. The molecule has 2 aromatic carbocycles. The lowest BCUT2D eigenvalue weighted by Gasteiger charge is -2.17. The number of nitriles is 1. The first-order chi connectivity index (χ1) is 16.1. The second-order valence-electron chi connectivity index (χ2n) is 7.84. The maximum atomic E-state index is 12.6. The summed E-state index contributed by atoms with van der Waals surface area (Å²) < 4.78 is 5.31. The van der Waals surface area contributed by atoms with Crippen LogP contribution in [0.5, 0.6) is 5.75 Å². The van der Waals surface area contributed by atoms with Gasteiger partial charge in [-0.3, -0.25) is 4.79 Å². The first-order valence-electron chi connectivity index (χ1n) is 10.9. The van der Waals surface area contributed by atoms with Crippen molar-refractivity contribution in [3.63, 3.8) is 0 Å². The highest BCUT2D eigenvalue weighted by Gasteiger charge is 2.23. The smallest absolute Gasteiger partial charge is 0.234 e. The van der Waals surface area contributed by atoms with E-state index in [2.05, 4.69) is 11.4 Å². The molecule has 1 aliphatic carbocycles. The highest BCUT2D eigenvalue weighted by Crippen LogP contribution is 2.38. The van der Waals surface area contributed by atoms with Crippen LogP contribution in [0.4, 0.5) is 5.69 Å². The minimum Gasteiger partial charge on any atom is -0.497 e. The Morgan fingerprint density at radius 3 is 2.55 bits per heavy atom. The average molecular weight is 478 g/mol. The summed E-state index contributed by atoms with van der Waals surface area (Å²) in [5.41, 5.74) is 5.32. The number of hydrogen-bond donors (Lipinski definition) is 1. The summed E-state index contributed by atoms with van der Waals surface area (Å²) >= 11 is 7.21. The normalized spacial score (nSPS) is 12.9. The van der Waals surface area contributed by atoms with Crippen molar-refractivity contribution < 1.29 is 9.53 Å². The molecule has 0 spiro atoms. The zero-order chi connectivity index (χ0) is 23.2. The van der Waals surface area contributed by atoms with Crippen molar-refractivity contribution in [3.05, 3.63) is 70.4 Å². The molecule has 168 valence electrons. The second-order valence-corrected chi connectivity index (χ2v) is 9.24. The van der Waals surface area contributed by atoms with Crippen LogP contribution in [0.1, 0.15) is 36.1 Å². The fourth-order valence-corrected chi connectivity index (χ4v) is 4.98. The van der Waals surface area contributed by atoms with Crippen LogP contribution in [0.15, 0.2) is 53.6 Å². The van der Waals surface area contributed by atoms with Gasteiger partial charge in [0, 0.05) is 22.0 Å². The zero-order valence-electron chi connectivity index (χ0n) is 18.4. The van der Waals surface area contributed by atoms with Crippen LogP contribution in [0.2, 0.25) is 5.02 Å². The van der Waals surface area contributed by atoms with E-state index in [4.69, 9.17) is 21.3 Å². The van der Waals surface area contributed by atoms with Crippen molar-refractivity contribution in [2.45, 2.75) is 37.1 Å². The Balaban J connectivity index is 1.66. The molecule has 0 bridgehead atoms. The molecule has 4 rings (SSSR count). The van der Waals surface area contributed by atoms with Gasteiger partial charge >= 0.3 is 0 Å². The summed E-state index contributed by atoms with van der Waals surface area (Å²) in [7, 11) is 1.64. The number of thioether (sulfide) groups is 1. The number of pyridine rings is 1. The number of methoxy groups -OCH3 is 1. The van der Waals surface area contributed by atoms with Crippen LogP contribution >= 0.6 is 23.4 Å². The molecule has 1 N–H and O–H groups in total. The van der Waals surface area contributed by atoms with Crippen molar-refractivity contribution >= 4 is 35.0 Å². The van der Waals surface area contributed by atoms with E-state index in [-0.39, 0.29) is 11.7 Å². The number of nitrogens with zero attached hydrogens (tertiary/aromatic N) is 2. The van der Waals surface area contributed by atoms with Gasteiger partial charge in [0.05, 0.1) is 18.4 Å². The molecule has 0 saturated carbocycles. The fourth-order valence-electron chi connectivity index (χ4n) is 4.04. The molecule has 3 aromatic rings. The number of benzene rings is 2. The highest BCUT2D eigenvalue weighted by molar-refractivity contribution is 8.00. The second kappa shape index (κ2) is 10.7. The number of fused-ring (bicyclic) bond motifs is 1. The Labute approximate surface area is 203 Å². The molecule has 0 aliphatic heterocycles. The van der Waals surface area contributed by atoms with E-state index < -0.39 is 0 Å². The molecule has 5 nitrogen and oxygen atoms in total. The van der Waals surface area contributed by atoms with Gasteiger partial charge in [-0.1, -0.05) is 41.9 Å². The van der Waals surface area contributed by atoms with E-state index in [0.29, 0.717) is 21.3 Å². The monoisotopic (exact) mass is 477 g/mol. The van der Waals surface area contributed by atoms with Crippen molar-refractivity contribution in [2.24, 2.45) is 0 Å². The molecule has 0 radical (unpaired) electrons. The lowest BCUT2D eigenvalue weighted by molar-refractivity contribution is -0.113. The van der Waals surface area contributed by atoms with Crippen molar-refractivity contribution in [1.82, 2.24) is 4.98 Å². The average Bonchev–Trinajstić information content (AvgIpc) is 3.08. The molecule has 0 atom stereocenters.